The van der Waals surface area contributed by atoms with Crippen molar-refractivity contribution in [3.63, 3.8) is 0 Å². The lowest BCUT2D eigenvalue weighted by atomic mass is 10.2. The quantitative estimate of drug-likeness (QED) is 0.783. The zero-order chi connectivity index (χ0) is 11.0. The maximum Gasteiger partial charge on any atom is 0.255 e. The van der Waals surface area contributed by atoms with Gasteiger partial charge in [0.25, 0.3) is 5.91 Å². The monoisotopic (exact) mass is 224 g/mol. The van der Waals surface area contributed by atoms with Crippen molar-refractivity contribution >= 4 is 23.2 Å². The van der Waals surface area contributed by atoms with Crippen LogP contribution in [0.25, 0.3) is 0 Å². The molecular formula is C11H13ClN2O. The topological polar surface area (TPSA) is 46.3 Å². The van der Waals surface area contributed by atoms with Gasteiger partial charge in [-0.2, -0.15) is 0 Å². The summed E-state index contributed by atoms with van der Waals surface area (Å²) in [4.78, 5) is 13.7. The van der Waals surface area contributed by atoms with Crippen LogP contribution in [0.2, 0.25) is 5.02 Å². The highest BCUT2D eigenvalue weighted by atomic mass is 35.5. The van der Waals surface area contributed by atoms with E-state index in [4.69, 9.17) is 17.3 Å². The minimum Gasteiger partial charge on any atom is -0.399 e. The summed E-state index contributed by atoms with van der Waals surface area (Å²) in [6.45, 7) is 0. The molecule has 0 bridgehead atoms. The molecule has 1 amide bonds. The zero-order valence-corrected chi connectivity index (χ0v) is 9.29. The van der Waals surface area contributed by atoms with Crippen LogP contribution in [0.5, 0.6) is 0 Å². The van der Waals surface area contributed by atoms with Crippen molar-refractivity contribution < 1.29 is 4.79 Å². The average molecular weight is 225 g/mol. The molecule has 1 saturated carbocycles. The molecule has 1 aromatic rings. The SMILES string of the molecule is CN(C(=O)c1cc(N)ccc1Cl)C1CC1. The van der Waals surface area contributed by atoms with Gasteiger partial charge < -0.3 is 10.6 Å². The minimum atomic E-state index is -0.0465. The highest BCUT2D eigenvalue weighted by molar-refractivity contribution is 6.34. The Kier molecular flexibility index (Phi) is 2.57. The van der Waals surface area contributed by atoms with Gasteiger partial charge in [0.1, 0.15) is 0 Å². The fraction of sp³-hybridized carbons (Fsp3) is 0.364. The van der Waals surface area contributed by atoms with Gasteiger partial charge in [-0.15, -0.1) is 0 Å². The molecular weight excluding hydrogens is 212 g/mol. The second kappa shape index (κ2) is 3.74. The maximum atomic E-state index is 12.0. The van der Waals surface area contributed by atoms with Crippen LogP contribution in [-0.2, 0) is 0 Å². The van der Waals surface area contributed by atoms with Crippen molar-refractivity contribution in [2.24, 2.45) is 0 Å². The lowest BCUT2D eigenvalue weighted by Crippen LogP contribution is -2.29. The van der Waals surface area contributed by atoms with Crippen LogP contribution in [0.1, 0.15) is 23.2 Å². The van der Waals surface area contributed by atoms with Gasteiger partial charge in [-0.3, -0.25) is 4.79 Å². The number of hydrogen-bond acceptors (Lipinski definition) is 2. The highest BCUT2D eigenvalue weighted by Gasteiger charge is 2.30. The van der Waals surface area contributed by atoms with Crippen LogP contribution in [-0.4, -0.2) is 23.9 Å². The highest BCUT2D eigenvalue weighted by Crippen LogP contribution is 2.28. The van der Waals surface area contributed by atoms with Crippen molar-refractivity contribution in [3.8, 4) is 0 Å². The van der Waals surface area contributed by atoms with Crippen LogP contribution in [0.3, 0.4) is 0 Å². The zero-order valence-electron chi connectivity index (χ0n) is 8.53. The summed E-state index contributed by atoms with van der Waals surface area (Å²) in [5.74, 6) is -0.0465. The second-order valence-electron chi connectivity index (χ2n) is 3.89. The molecule has 15 heavy (non-hydrogen) atoms. The molecule has 0 unspecified atom stereocenters. The van der Waals surface area contributed by atoms with Gasteiger partial charge in [-0.05, 0) is 31.0 Å². The second-order valence-corrected chi connectivity index (χ2v) is 4.29. The fourth-order valence-electron chi connectivity index (χ4n) is 1.52. The van der Waals surface area contributed by atoms with Crippen LogP contribution in [0.4, 0.5) is 5.69 Å². The third-order valence-corrected chi connectivity index (χ3v) is 2.97. The van der Waals surface area contributed by atoms with Gasteiger partial charge in [0.05, 0.1) is 10.6 Å². The molecule has 0 aromatic heterocycles. The van der Waals surface area contributed by atoms with Crippen LogP contribution in [0, 0.1) is 0 Å². The number of carbonyl (C=O) groups is 1. The van der Waals surface area contributed by atoms with Gasteiger partial charge in [-0.1, -0.05) is 11.6 Å². The van der Waals surface area contributed by atoms with Crippen molar-refractivity contribution in [2.75, 3.05) is 12.8 Å². The van der Waals surface area contributed by atoms with Crippen LogP contribution >= 0.6 is 11.6 Å². The Hall–Kier alpha value is -1.22. The van der Waals surface area contributed by atoms with E-state index in [-0.39, 0.29) is 5.91 Å². The Morgan fingerprint density at radius 1 is 1.53 bits per heavy atom. The predicted octanol–water partition coefficient (Wildman–Crippen LogP) is 2.16. The van der Waals surface area contributed by atoms with Crippen LogP contribution in [0.15, 0.2) is 18.2 Å². The van der Waals surface area contributed by atoms with Crippen molar-refractivity contribution in [2.45, 2.75) is 18.9 Å². The molecule has 0 saturated heterocycles. The lowest BCUT2D eigenvalue weighted by molar-refractivity contribution is 0.0785. The summed E-state index contributed by atoms with van der Waals surface area (Å²) in [5.41, 5.74) is 6.68. The summed E-state index contributed by atoms with van der Waals surface area (Å²) in [5, 5.41) is 0.460. The van der Waals surface area contributed by atoms with Crippen LogP contribution < -0.4 is 5.73 Å². The molecule has 0 heterocycles. The predicted molar refractivity (Wildman–Crippen MR) is 61.0 cm³/mol. The van der Waals surface area contributed by atoms with Gasteiger partial charge in [0.15, 0.2) is 0 Å². The molecule has 1 aliphatic rings. The van der Waals surface area contributed by atoms with E-state index in [1.807, 2.05) is 0 Å². The fourth-order valence-corrected chi connectivity index (χ4v) is 1.72. The van der Waals surface area contributed by atoms with E-state index in [0.717, 1.165) is 12.8 Å². The molecule has 0 spiro atoms. The number of benzene rings is 1. The smallest absolute Gasteiger partial charge is 0.255 e. The summed E-state index contributed by atoms with van der Waals surface area (Å²) >= 11 is 5.96. The number of anilines is 1. The molecule has 3 nitrogen and oxygen atoms in total. The molecule has 1 aliphatic carbocycles. The van der Waals surface area contributed by atoms with Crippen molar-refractivity contribution in [1.29, 1.82) is 0 Å². The molecule has 1 fully saturated rings. The largest absolute Gasteiger partial charge is 0.399 e. The van der Waals surface area contributed by atoms with E-state index in [2.05, 4.69) is 0 Å². The first-order chi connectivity index (χ1) is 7.09. The number of nitrogens with two attached hydrogens (primary N) is 1. The summed E-state index contributed by atoms with van der Waals surface area (Å²) in [6, 6.07) is 5.36. The van der Waals surface area contributed by atoms with E-state index in [1.165, 1.54) is 0 Å². The van der Waals surface area contributed by atoms with Crippen molar-refractivity contribution in [3.05, 3.63) is 28.8 Å². The molecule has 4 heteroatoms. The summed E-state index contributed by atoms with van der Waals surface area (Å²) in [7, 11) is 1.81. The minimum absolute atomic E-state index is 0.0465. The molecule has 0 radical (unpaired) electrons. The lowest BCUT2D eigenvalue weighted by Gasteiger charge is -2.17. The van der Waals surface area contributed by atoms with E-state index in [1.54, 1.807) is 30.1 Å². The van der Waals surface area contributed by atoms with Gasteiger partial charge in [0.2, 0.25) is 0 Å². The third kappa shape index (κ3) is 2.07. The molecule has 2 rings (SSSR count). The molecule has 1 aromatic carbocycles. The van der Waals surface area contributed by atoms with Crippen molar-refractivity contribution in [1.82, 2.24) is 4.90 Å². The Morgan fingerprint density at radius 2 is 2.20 bits per heavy atom. The Labute approximate surface area is 93.8 Å². The standard InChI is InChI=1S/C11H13ClN2O/c1-14(8-3-4-8)11(15)9-6-7(13)2-5-10(9)12/h2,5-6,8H,3-4,13H2,1H3. The van der Waals surface area contributed by atoms with E-state index in [9.17, 15) is 4.79 Å². The number of hydrogen-bond donors (Lipinski definition) is 1. The van der Waals surface area contributed by atoms with E-state index in [0.29, 0.717) is 22.3 Å². The number of amides is 1. The number of nitrogens with zero attached hydrogens (tertiary/aromatic N) is 1. The Balaban J connectivity index is 2.27. The molecule has 80 valence electrons. The number of nitrogen functional groups attached to an aromatic ring is 1. The van der Waals surface area contributed by atoms with Gasteiger partial charge in [0, 0.05) is 18.8 Å². The number of carbonyl (C=O) groups excluding carboxylic acids is 1. The summed E-state index contributed by atoms with van der Waals surface area (Å²) < 4.78 is 0. The third-order valence-electron chi connectivity index (χ3n) is 2.64. The summed E-state index contributed by atoms with van der Waals surface area (Å²) in [6.07, 6.45) is 2.17. The first-order valence-corrected chi connectivity index (χ1v) is 5.29. The molecule has 0 aliphatic heterocycles. The van der Waals surface area contributed by atoms with Gasteiger partial charge >= 0.3 is 0 Å². The Morgan fingerprint density at radius 3 is 2.80 bits per heavy atom. The first kappa shape index (κ1) is 10.3. The van der Waals surface area contributed by atoms with E-state index >= 15 is 0 Å². The first-order valence-electron chi connectivity index (χ1n) is 4.92. The average Bonchev–Trinajstić information content (AvgIpc) is 3.03. The van der Waals surface area contributed by atoms with E-state index < -0.39 is 0 Å². The van der Waals surface area contributed by atoms with Gasteiger partial charge in [-0.25, -0.2) is 0 Å². The number of rotatable bonds is 2. The Bertz CT molecular complexity index is 402. The maximum absolute atomic E-state index is 12.0. The normalized spacial score (nSPS) is 15.1. The molecule has 0 atom stereocenters. The number of halogens is 1. The molecule has 2 N–H and O–H groups in total.